The second-order valence-corrected chi connectivity index (χ2v) is 3.56. The molecule has 0 aliphatic carbocycles. The van der Waals surface area contributed by atoms with Crippen LogP contribution in [0, 0.1) is 0 Å². The van der Waals surface area contributed by atoms with Crippen molar-refractivity contribution in [3.05, 3.63) is 0 Å². The highest BCUT2D eigenvalue weighted by Gasteiger charge is 2.50. The van der Waals surface area contributed by atoms with Crippen LogP contribution in [0.4, 0.5) is 0 Å². The summed E-state index contributed by atoms with van der Waals surface area (Å²) in [7, 11) is 1.37. The molecule has 78 valence electrons. The average molecular weight is 192 g/mol. The van der Waals surface area contributed by atoms with E-state index in [0.717, 1.165) is 0 Å². The van der Waals surface area contributed by atoms with Crippen molar-refractivity contribution in [2.45, 2.75) is 44.1 Å². The molecule has 0 aromatic heterocycles. The van der Waals surface area contributed by atoms with E-state index < -0.39 is 30.2 Å². The lowest BCUT2D eigenvalue weighted by atomic mass is 9.86. The first-order chi connectivity index (χ1) is 5.91. The first kappa shape index (κ1) is 10.9. The van der Waals surface area contributed by atoms with Gasteiger partial charge in [0.15, 0.2) is 6.29 Å². The van der Waals surface area contributed by atoms with Gasteiger partial charge in [0.05, 0.1) is 6.10 Å². The zero-order valence-corrected chi connectivity index (χ0v) is 7.97. The molecule has 1 aliphatic rings. The molecular formula is C8H16O5. The van der Waals surface area contributed by atoms with Crippen molar-refractivity contribution >= 4 is 0 Å². The van der Waals surface area contributed by atoms with Crippen LogP contribution >= 0.6 is 0 Å². The molecular weight excluding hydrogens is 176 g/mol. The number of aliphatic hydroxyl groups is 3. The van der Waals surface area contributed by atoms with Crippen molar-refractivity contribution in [2.24, 2.45) is 0 Å². The fourth-order valence-electron chi connectivity index (χ4n) is 1.47. The molecule has 0 spiro atoms. The summed E-state index contributed by atoms with van der Waals surface area (Å²) in [5.41, 5.74) is -1.60. The van der Waals surface area contributed by atoms with Crippen molar-refractivity contribution < 1.29 is 24.8 Å². The third-order valence-electron chi connectivity index (χ3n) is 2.48. The fourth-order valence-corrected chi connectivity index (χ4v) is 1.47. The number of rotatable bonds is 1. The lowest BCUT2D eigenvalue weighted by Crippen LogP contribution is -2.64. The first-order valence-corrected chi connectivity index (χ1v) is 4.18. The maximum absolute atomic E-state index is 9.72. The van der Waals surface area contributed by atoms with Gasteiger partial charge in [-0.05, 0) is 13.8 Å². The van der Waals surface area contributed by atoms with E-state index in [-0.39, 0.29) is 0 Å². The summed E-state index contributed by atoms with van der Waals surface area (Å²) < 4.78 is 9.93. The Labute approximate surface area is 76.9 Å². The van der Waals surface area contributed by atoms with Gasteiger partial charge in [-0.1, -0.05) is 0 Å². The van der Waals surface area contributed by atoms with Gasteiger partial charge in [0.25, 0.3) is 0 Å². The topological polar surface area (TPSA) is 79.2 Å². The van der Waals surface area contributed by atoms with E-state index in [1.165, 1.54) is 14.0 Å². The number of aliphatic hydroxyl groups excluding tert-OH is 2. The van der Waals surface area contributed by atoms with Crippen LogP contribution in [0.25, 0.3) is 0 Å². The standard InChI is InChI=1S/C8H16O5/c1-4-5(9)8(2,11)6(10)7(12-3)13-4/h4-7,9-11H,1-3H3/t4-,5+,6+,7+,8+/m1/s1. The first-order valence-electron chi connectivity index (χ1n) is 4.18. The molecule has 0 aromatic carbocycles. The monoisotopic (exact) mass is 192 g/mol. The molecule has 0 amide bonds. The van der Waals surface area contributed by atoms with Crippen LogP contribution in [0.3, 0.4) is 0 Å². The van der Waals surface area contributed by atoms with Gasteiger partial charge in [0.2, 0.25) is 0 Å². The van der Waals surface area contributed by atoms with Crippen molar-refractivity contribution in [2.75, 3.05) is 7.11 Å². The summed E-state index contributed by atoms with van der Waals surface area (Å²) in [5.74, 6) is 0. The molecule has 0 aromatic rings. The Morgan fingerprint density at radius 1 is 1.31 bits per heavy atom. The summed E-state index contributed by atoms with van der Waals surface area (Å²) in [6, 6.07) is 0. The van der Waals surface area contributed by atoms with E-state index in [2.05, 4.69) is 0 Å². The van der Waals surface area contributed by atoms with Crippen LogP contribution < -0.4 is 0 Å². The van der Waals surface area contributed by atoms with Crippen LogP contribution in [0.2, 0.25) is 0 Å². The smallest absolute Gasteiger partial charge is 0.186 e. The lowest BCUT2D eigenvalue weighted by molar-refractivity contribution is -0.315. The average Bonchev–Trinajstić information content (AvgIpc) is 2.09. The van der Waals surface area contributed by atoms with Gasteiger partial charge in [0.1, 0.15) is 17.8 Å². The SMILES string of the molecule is CO[C@H]1O[C@H](C)[C@H](O)[C@](C)(O)[C@H]1O. The molecule has 1 saturated heterocycles. The molecule has 1 aliphatic heterocycles. The largest absolute Gasteiger partial charge is 0.387 e. The fraction of sp³-hybridized carbons (Fsp3) is 1.00. The number of ether oxygens (including phenoxy) is 2. The van der Waals surface area contributed by atoms with E-state index >= 15 is 0 Å². The Hall–Kier alpha value is -0.200. The molecule has 0 unspecified atom stereocenters. The zero-order chi connectivity index (χ0) is 10.2. The van der Waals surface area contributed by atoms with Gasteiger partial charge in [-0.2, -0.15) is 0 Å². The molecule has 1 heterocycles. The Bertz CT molecular complexity index is 181. The summed E-state index contributed by atoms with van der Waals surface area (Å²) in [4.78, 5) is 0. The van der Waals surface area contributed by atoms with E-state index in [1.807, 2.05) is 0 Å². The summed E-state index contributed by atoms with van der Waals surface area (Å²) in [5, 5.41) is 28.7. The third kappa shape index (κ3) is 1.70. The predicted molar refractivity (Wildman–Crippen MR) is 44.0 cm³/mol. The summed E-state index contributed by atoms with van der Waals surface area (Å²) in [6.07, 6.45) is -3.82. The Morgan fingerprint density at radius 3 is 2.31 bits per heavy atom. The molecule has 1 fully saturated rings. The van der Waals surface area contributed by atoms with Gasteiger partial charge < -0.3 is 24.8 Å². The van der Waals surface area contributed by atoms with E-state index in [4.69, 9.17) is 9.47 Å². The molecule has 5 nitrogen and oxygen atoms in total. The quantitative estimate of drug-likeness (QED) is 0.489. The van der Waals surface area contributed by atoms with Crippen LogP contribution in [-0.4, -0.2) is 52.6 Å². The minimum absolute atomic E-state index is 0.566. The molecule has 13 heavy (non-hydrogen) atoms. The van der Waals surface area contributed by atoms with Gasteiger partial charge in [-0.3, -0.25) is 0 Å². The summed E-state index contributed by atoms with van der Waals surface area (Å²) >= 11 is 0. The van der Waals surface area contributed by atoms with E-state index in [0.29, 0.717) is 0 Å². The zero-order valence-electron chi connectivity index (χ0n) is 7.97. The molecule has 0 radical (unpaired) electrons. The van der Waals surface area contributed by atoms with Crippen LogP contribution in [-0.2, 0) is 9.47 Å². The molecule has 0 bridgehead atoms. The highest BCUT2D eigenvalue weighted by atomic mass is 16.7. The van der Waals surface area contributed by atoms with Crippen molar-refractivity contribution in [3.8, 4) is 0 Å². The highest BCUT2D eigenvalue weighted by molar-refractivity contribution is 4.97. The number of hydrogen-bond donors (Lipinski definition) is 3. The number of hydrogen-bond acceptors (Lipinski definition) is 5. The molecule has 5 heteroatoms. The summed E-state index contributed by atoms with van der Waals surface area (Å²) in [6.45, 7) is 2.96. The molecule has 1 rings (SSSR count). The van der Waals surface area contributed by atoms with Crippen LogP contribution in [0.15, 0.2) is 0 Å². The predicted octanol–water partition coefficient (Wildman–Crippen LogP) is -1.15. The Balaban J connectivity index is 2.82. The van der Waals surface area contributed by atoms with Crippen molar-refractivity contribution in [1.82, 2.24) is 0 Å². The van der Waals surface area contributed by atoms with Gasteiger partial charge in [-0.15, -0.1) is 0 Å². The van der Waals surface area contributed by atoms with Gasteiger partial charge >= 0.3 is 0 Å². The molecule has 3 N–H and O–H groups in total. The van der Waals surface area contributed by atoms with Gasteiger partial charge in [0, 0.05) is 7.11 Å². The third-order valence-corrected chi connectivity index (χ3v) is 2.48. The van der Waals surface area contributed by atoms with Crippen LogP contribution in [0.5, 0.6) is 0 Å². The Kier molecular flexibility index (Phi) is 2.94. The maximum atomic E-state index is 9.72. The lowest BCUT2D eigenvalue weighted by Gasteiger charge is -2.45. The van der Waals surface area contributed by atoms with Crippen LogP contribution in [0.1, 0.15) is 13.8 Å². The normalized spacial score (nSPS) is 52.2. The molecule has 5 atom stereocenters. The van der Waals surface area contributed by atoms with E-state index in [1.54, 1.807) is 6.92 Å². The minimum Gasteiger partial charge on any atom is -0.387 e. The second kappa shape index (κ2) is 3.51. The van der Waals surface area contributed by atoms with Crippen molar-refractivity contribution in [3.63, 3.8) is 0 Å². The van der Waals surface area contributed by atoms with Gasteiger partial charge in [-0.25, -0.2) is 0 Å². The Morgan fingerprint density at radius 2 is 1.85 bits per heavy atom. The number of methoxy groups -OCH3 is 1. The van der Waals surface area contributed by atoms with Crippen molar-refractivity contribution in [1.29, 1.82) is 0 Å². The molecule has 0 saturated carbocycles. The highest BCUT2D eigenvalue weighted by Crippen LogP contribution is 2.29. The minimum atomic E-state index is -1.60. The van der Waals surface area contributed by atoms with E-state index in [9.17, 15) is 15.3 Å². The maximum Gasteiger partial charge on any atom is 0.186 e. The second-order valence-electron chi connectivity index (χ2n) is 3.56.